The van der Waals surface area contributed by atoms with Crippen molar-refractivity contribution in [1.82, 2.24) is 5.32 Å². The number of amides is 1. The van der Waals surface area contributed by atoms with E-state index >= 15 is 0 Å². The third-order valence-electron chi connectivity index (χ3n) is 3.26. The van der Waals surface area contributed by atoms with Gasteiger partial charge < -0.3 is 5.32 Å². The van der Waals surface area contributed by atoms with Gasteiger partial charge in [-0.15, -0.1) is 0 Å². The number of hydrogen-bond donors (Lipinski definition) is 1. The first-order valence-corrected chi connectivity index (χ1v) is 8.44. The largest absolute Gasteiger partial charge is 0.350 e. The molecule has 110 valence electrons. The molecule has 0 aliphatic rings. The second-order valence-corrected chi connectivity index (χ2v) is 6.79. The second-order valence-electron chi connectivity index (χ2n) is 5.02. The Bertz CT molecular complexity index is 613. The van der Waals surface area contributed by atoms with E-state index < -0.39 is 0 Å². The predicted molar refractivity (Wildman–Crippen MR) is 93.5 cm³/mol. The van der Waals surface area contributed by atoms with Gasteiger partial charge in [0.05, 0.1) is 5.56 Å². The van der Waals surface area contributed by atoms with Crippen LogP contribution in [0.5, 0.6) is 0 Å². The van der Waals surface area contributed by atoms with Crippen LogP contribution in [0.3, 0.4) is 0 Å². The van der Waals surface area contributed by atoms with Gasteiger partial charge in [-0.2, -0.15) is 0 Å². The van der Waals surface area contributed by atoms with E-state index in [0.717, 1.165) is 21.8 Å². The molecule has 1 amide bonds. The van der Waals surface area contributed by atoms with Gasteiger partial charge in [0.2, 0.25) is 0 Å². The van der Waals surface area contributed by atoms with E-state index in [9.17, 15) is 4.79 Å². The Kier molecular flexibility index (Phi) is 6.00. The number of hydrogen-bond acceptors (Lipinski definition) is 1. The van der Waals surface area contributed by atoms with Gasteiger partial charge in [0.25, 0.3) is 5.91 Å². The van der Waals surface area contributed by atoms with E-state index in [2.05, 4.69) is 49.3 Å². The summed E-state index contributed by atoms with van der Waals surface area (Å²) in [5, 5.41) is 3.04. The number of carbonyl (C=O) groups excluding carboxylic acids is 1. The van der Waals surface area contributed by atoms with E-state index in [0.29, 0.717) is 5.56 Å². The fourth-order valence-corrected chi connectivity index (χ4v) is 3.30. The molecule has 2 aromatic carbocycles. The SMILES string of the molecule is CC(CCc1ccccc1)NC(=O)c1ccc(Br)cc1Br. The number of aryl methyl sites for hydroxylation is 1. The summed E-state index contributed by atoms with van der Waals surface area (Å²) in [4.78, 5) is 12.2. The molecule has 0 heterocycles. The number of rotatable bonds is 5. The molecule has 0 aromatic heterocycles. The lowest BCUT2D eigenvalue weighted by atomic mass is 10.1. The van der Waals surface area contributed by atoms with Crippen LogP contribution in [0.2, 0.25) is 0 Å². The van der Waals surface area contributed by atoms with Crippen molar-refractivity contribution in [2.24, 2.45) is 0 Å². The molecule has 0 spiro atoms. The van der Waals surface area contributed by atoms with Crippen molar-refractivity contribution in [3.63, 3.8) is 0 Å². The Morgan fingerprint density at radius 2 is 1.86 bits per heavy atom. The van der Waals surface area contributed by atoms with E-state index in [1.165, 1.54) is 5.56 Å². The summed E-state index contributed by atoms with van der Waals surface area (Å²) >= 11 is 6.81. The van der Waals surface area contributed by atoms with E-state index in [1.807, 2.05) is 43.3 Å². The summed E-state index contributed by atoms with van der Waals surface area (Å²) in [5.41, 5.74) is 1.95. The smallest absolute Gasteiger partial charge is 0.252 e. The van der Waals surface area contributed by atoms with Gasteiger partial charge in [0.15, 0.2) is 0 Å². The maximum atomic E-state index is 12.2. The third kappa shape index (κ3) is 4.97. The minimum atomic E-state index is -0.0464. The lowest BCUT2D eigenvalue weighted by Gasteiger charge is -2.14. The topological polar surface area (TPSA) is 29.1 Å². The highest BCUT2D eigenvalue weighted by Crippen LogP contribution is 2.22. The molecule has 0 fully saturated rings. The summed E-state index contributed by atoms with van der Waals surface area (Å²) in [5.74, 6) is -0.0464. The monoisotopic (exact) mass is 409 g/mol. The molecule has 0 saturated carbocycles. The van der Waals surface area contributed by atoms with Crippen LogP contribution in [0.15, 0.2) is 57.5 Å². The molecule has 1 unspecified atom stereocenters. The highest BCUT2D eigenvalue weighted by atomic mass is 79.9. The fourth-order valence-electron chi connectivity index (χ4n) is 2.08. The van der Waals surface area contributed by atoms with Crippen LogP contribution in [0, 0.1) is 0 Å². The average Bonchev–Trinajstić information content (AvgIpc) is 2.46. The number of nitrogens with one attached hydrogen (secondary N) is 1. The minimum Gasteiger partial charge on any atom is -0.350 e. The lowest BCUT2D eigenvalue weighted by Crippen LogP contribution is -2.33. The molecule has 2 aromatic rings. The first kappa shape index (κ1) is 16.2. The maximum Gasteiger partial charge on any atom is 0.252 e. The van der Waals surface area contributed by atoms with Crippen molar-refractivity contribution in [1.29, 1.82) is 0 Å². The van der Waals surface area contributed by atoms with Crippen LogP contribution in [0.25, 0.3) is 0 Å². The zero-order chi connectivity index (χ0) is 15.2. The molecule has 0 aliphatic heterocycles. The van der Waals surface area contributed by atoms with Crippen molar-refractivity contribution in [2.75, 3.05) is 0 Å². The van der Waals surface area contributed by atoms with Gasteiger partial charge in [0.1, 0.15) is 0 Å². The van der Waals surface area contributed by atoms with Crippen molar-refractivity contribution < 1.29 is 4.79 Å². The van der Waals surface area contributed by atoms with Gasteiger partial charge in [0, 0.05) is 15.0 Å². The van der Waals surface area contributed by atoms with Gasteiger partial charge in [-0.05, 0) is 59.5 Å². The van der Waals surface area contributed by atoms with Crippen molar-refractivity contribution in [3.05, 3.63) is 68.6 Å². The number of halogens is 2. The molecule has 1 atom stereocenters. The Morgan fingerprint density at radius 3 is 2.52 bits per heavy atom. The normalized spacial score (nSPS) is 12.0. The summed E-state index contributed by atoms with van der Waals surface area (Å²) in [7, 11) is 0. The van der Waals surface area contributed by atoms with E-state index in [4.69, 9.17) is 0 Å². The molecule has 1 N–H and O–H groups in total. The van der Waals surface area contributed by atoms with E-state index in [1.54, 1.807) is 0 Å². The summed E-state index contributed by atoms with van der Waals surface area (Å²) in [6, 6.07) is 16.0. The number of benzene rings is 2. The first-order chi connectivity index (χ1) is 10.1. The molecule has 0 radical (unpaired) electrons. The first-order valence-electron chi connectivity index (χ1n) is 6.86. The lowest BCUT2D eigenvalue weighted by molar-refractivity contribution is 0.0937. The molecule has 2 rings (SSSR count). The molecule has 21 heavy (non-hydrogen) atoms. The standard InChI is InChI=1S/C17H17Br2NO/c1-12(7-8-13-5-3-2-4-6-13)20-17(21)15-10-9-14(18)11-16(15)19/h2-6,9-12H,7-8H2,1H3,(H,20,21). The Balaban J connectivity index is 1.90. The van der Waals surface area contributed by atoms with Gasteiger partial charge >= 0.3 is 0 Å². The van der Waals surface area contributed by atoms with E-state index in [-0.39, 0.29) is 11.9 Å². The average molecular weight is 411 g/mol. The maximum absolute atomic E-state index is 12.2. The number of carbonyl (C=O) groups is 1. The molecule has 2 nitrogen and oxygen atoms in total. The van der Waals surface area contributed by atoms with Crippen LogP contribution in [-0.4, -0.2) is 11.9 Å². The third-order valence-corrected chi connectivity index (χ3v) is 4.41. The van der Waals surface area contributed by atoms with Crippen LogP contribution in [0.1, 0.15) is 29.3 Å². The highest BCUT2D eigenvalue weighted by Gasteiger charge is 2.13. The van der Waals surface area contributed by atoms with Crippen LogP contribution >= 0.6 is 31.9 Å². The minimum absolute atomic E-state index is 0.0464. The van der Waals surface area contributed by atoms with Crippen LogP contribution in [-0.2, 0) is 6.42 Å². The fraction of sp³-hybridized carbons (Fsp3) is 0.235. The Morgan fingerprint density at radius 1 is 1.14 bits per heavy atom. The quantitative estimate of drug-likeness (QED) is 0.741. The second kappa shape index (κ2) is 7.76. The van der Waals surface area contributed by atoms with Crippen molar-refractivity contribution >= 4 is 37.8 Å². The molecular weight excluding hydrogens is 394 g/mol. The predicted octanol–water partition coefficient (Wildman–Crippen LogP) is 4.96. The zero-order valence-electron chi connectivity index (χ0n) is 11.8. The van der Waals surface area contributed by atoms with Crippen molar-refractivity contribution in [2.45, 2.75) is 25.8 Å². The summed E-state index contributed by atoms with van der Waals surface area (Å²) in [6.45, 7) is 2.04. The van der Waals surface area contributed by atoms with Crippen molar-refractivity contribution in [3.8, 4) is 0 Å². The summed E-state index contributed by atoms with van der Waals surface area (Å²) < 4.78 is 1.74. The highest BCUT2D eigenvalue weighted by molar-refractivity contribution is 9.11. The van der Waals surface area contributed by atoms with Gasteiger partial charge in [-0.25, -0.2) is 0 Å². The van der Waals surface area contributed by atoms with Gasteiger partial charge in [-0.3, -0.25) is 4.79 Å². The van der Waals surface area contributed by atoms with Gasteiger partial charge in [-0.1, -0.05) is 46.3 Å². The zero-order valence-corrected chi connectivity index (χ0v) is 14.9. The molecule has 0 aliphatic carbocycles. The van der Waals surface area contributed by atoms with Crippen LogP contribution < -0.4 is 5.32 Å². The molecular formula is C17H17Br2NO. The Labute approximate surface area is 142 Å². The summed E-state index contributed by atoms with van der Waals surface area (Å²) in [6.07, 6.45) is 1.88. The molecule has 0 bridgehead atoms. The molecule has 0 saturated heterocycles. The Hall–Kier alpha value is -1.13. The molecule has 4 heteroatoms. The van der Waals surface area contributed by atoms with Crippen LogP contribution in [0.4, 0.5) is 0 Å².